The highest BCUT2D eigenvalue weighted by molar-refractivity contribution is 6.09. The molecule has 0 radical (unpaired) electrons. The number of nitrogens with two attached hydrogens (primary N) is 1. The van der Waals surface area contributed by atoms with Crippen LogP contribution in [-0.4, -0.2) is 11.7 Å². The van der Waals surface area contributed by atoms with E-state index in [0.29, 0.717) is 11.3 Å². The minimum atomic E-state index is -0.578. The standard InChI is InChI=1S/C15H13FN2O2/c1-9(19)11-4-2-3-5-14(11)18-15(20)10-6-7-12(16)13(17)8-10/h2-8H,17H2,1H3,(H,18,20). The number of halogens is 1. The van der Waals surface area contributed by atoms with Gasteiger partial charge in [-0.15, -0.1) is 0 Å². The monoisotopic (exact) mass is 272 g/mol. The summed E-state index contributed by atoms with van der Waals surface area (Å²) in [6.45, 7) is 1.42. The van der Waals surface area contributed by atoms with Crippen LogP contribution in [0.4, 0.5) is 15.8 Å². The van der Waals surface area contributed by atoms with E-state index in [1.54, 1.807) is 24.3 Å². The summed E-state index contributed by atoms with van der Waals surface area (Å²) in [7, 11) is 0. The number of Topliss-reactive ketones (excluding diaryl/α,β-unsaturated/α-hetero) is 1. The molecule has 1 amide bonds. The van der Waals surface area contributed by atoms with E-state index in [0.717, 1.165) is 6.07 Å². The number of carbonyl (C=O) groups excluding carboxylic acids is 2. The molecule has 0 bridgehead atoms. The molecule has 4 nitrogen and oxygen atoms in total. The maximum Gasteiger partial charge on any atom is 0.255 e. The highest BCUT2D eigenvalue weighted by atomic mass is 19.1. The topological polar surface area (TPSA) is 72.2 Å². The third-order valence-electron chi connectivity index (χ3n) is 2.81. The van der Waals surface area contributed by atoms with Gasteiger partial charge in [-0.25, -0.2) is 4.39 Å². The molecule has 0 atom stereocenters. The van der Waals surface area contributed by atoms with Gasteiger partial charge in [0.05, 0.1) is 11.4 Å². The highest BCUT2D eigenvalue weighted by Gasteiger charge is 2.12. The molecular weight excluding hydrogens is 259 g/mol. The van der Waals surface area contributed by atoms with E-state index in [2.05, 4.69) is 5.32 Å². The first-order valence-corrected chi connectivity index (χ1v) is 5.95. The van der Waals surface area contributed by atoms with Crippen LogP contribution in [0.2, 0.25) is 0 Å². The average molecular weight is 272 g/mol. The van der Waals surface area contributed by atoms with Crippen LogP contribution in [0, 0.1) is 5.82 Å². The van der Waals surface area contributed by atoms with Gasteiger partial charge < -0.3 is 11.1 Å². The van der Waals surface area contributed by atoms with Crippen LogP contribution in [-0.2, 0) is 0 Å². The summed E-state index contributed by atoms with van der Waals surface area (Å²) < 4.78 is 13.1. The van der Waals surface area contributed by atoms with E-state index in [4.69, 9.17) is 5.73 Å². The molecule has 0 spiro atoms. The van der Waals surface area contributed by atoms with Gasteiger partial charge in [-0.05, 0) is 37.3 Å². The summed E-state index contributed by atoms with van der Waals surface area (Å²) in [5.41, 5.74) is 6.37. The van der Waals surface area contributed by atoms with Gasteiger partial charge >= 0.3 is 0 Å². The number of nitrogens with one attached hydrogen (secondary N) is 1. The highest BCUT2D eigenvalue weighted by Crippen LogP contribution is 2.18. The molecule has 0 saturated carbocycles. The number of ketones is 1. The number of carbonyl (C=O) groups is 2. The van der Waals surface area contributed by atoms with Gasteiger partial charge in [0.15, 0.2) is 5.78 Å². The first-order chi connectivity index (χ1) is 9.49. The van der Waals surface area contributed by atoms with Gasteiger partial charge in [-0.1, -0.05) is 12.1 Å². The van der Waals surface area contributed by atoms with Crippen LogP contribution >= 0.6 is 0 Å². The quantitative estimate of drug-likeness (QED) is 0.666. The molecule has 0 saturated heterocycles. The average Bonchev–Trinajstić information content (AvgIpc) is 2.42. The van der Waals surface area contributed by atoms with Crippen molar-refractivity contribution in [3.05, 3.63) is 59.4 Å². The molecule has 0 aliphatic rings. The Bertz CT molecular complexity index is 683. The van der Waals surface area contributed by atoms with E-state index in [1.807, 2.05) is 0 Å². The van der Waals surface area contributed by atoms with Gasteiger partial charge in [-0.2, -0.15) is 0 Å². The number of amides is 1. The van der Waals surface area contributed by atoms with E-state index in [9.17, 15) is 14.0 Å². The Morgan fingerprint density at radius 1 is 1.15 bits per heavy atom. The van der Waals surface area contributed by atoms with Crippen molar-refractivity contribution in [2.45, 2.75) is 6.92 Å². The summed E-state index contributed by atoms with van der Waals surface area (Å²) >= 11 is 0. The number of hydrogen-bond acceptors (Lipinski definition) is 3. The van der Waals surface area contributed by atoms with Crippen molar-refractivity contribution >= 4 is 23.1 Å². The first-order valence-electron chi connectivity index (χ1n) is 5.95. The zero-order chi connectivity index (χ0) is 14.7. The second-order valence-electron chi connectivity index (χ2n) is 4.29. The molecule has 0 aliphatic heterocycles. The van der Waals surface area contributed by atoms with E-state index < -0.39 is 11.7 Å². The molecule has 0 aromatic heterocycles. The fourth-order valence-electron chi connectivity index (χ4n) is 1.78. The maximum absolute atomic E-state index is 13.1. The van der Waals surface area contributed by atoms with Crippen molar-refractivity contribution in [3.63, 3.8) is 0 Å². The molecule has 20 heavy (non-hydrogen) atoms. The first kappa shape index (κ1) is 13.7. The van der Waals surface area contributed by atoms with E-state index in [1.165, 1.54) is 19.1 Å². The summed E-state index contributed by atoms with van der Waals surface area (Å²) in [6.07, 6.45) is 0. The van der Waals surface area contributed by atoms with Crippen LogP contribution in [0.15, 0.2) is 42.5 Å². The summed E-state index contributed by atoms with van der Waals surface area (Å²) in [5, 5.41) is 2.62. The molecular formula is C15H13FN2O2. The van der Waals surface area contributed by atoms with Crippen molar-refractivity contribution in [1.82, 2.24) is 0 Å². The number of rotatable bonds is 3. The van der Waals surface area contributed by atoms with Crippen molar-refractivity contribution in [3.8, 4) is 0 Å². The number of nitrogen functional groups attached to an aromatic ring is 1. The molecule has 2 aromatic carbocycles. The van der Waals surface area contributed by atoms with Gasteiger partial charge in [0.25, 0.3) is 5.91 Å². The Morgan fingerprint density at radius 3 is 2.50 bits per heavy atom. The molecule has 3 N–H and O–H groups in total. The predicted molar refractivity (Wildman–Crippen MR) is 75.2 cm³/mol. The van der Waals surface area contributed by atoms with E-state index in [-0.39, 0.29) is 17.0 Å². The number of anilines is 2. The fourth-order valence-corrected chi connectivity index (χ4v) is 1.78. The normalized spacial score (nSPS) is 10.1. The second-order valence-corrected chi connectivity index (χ2v) is 4.29. The Hall–Kier alpha value is -2.69. The van der Waals surface area contributed by atoms with Gasteiger partial charge in [-0.3, -0.25) is 9.59 Å². The Morgan fingerprint density at radius 2 is 1.85 bits per heavy atom. The van der Waals surface area contributed by atoms with Crippen LogP contribution in [0.5, 0.6) is 0 Å². The molecule has 0 aliphatic carbocycles. The fraction of sp³-hybridized carbons (Fsp3) is 0.0667. The molecule has 2 rings (SSSR count). The molecule has 0 heterocycles. The smallest absolute Gasteiger partial charge is 0.255 e. The minimum absolute atomic E-state index is 0.0995. The lowest BCUT2D eigenvalue weighted by molar-refractivity contribution is 0.101. The van der Waals surface area contributed by atoms with Gasteiger partial charge in [0.2, 0.25) is 0 Å². The summed E-state index contributed by atoms with van der Waals surface area (Å²) in [4.78, 5) is 23.5. The maximum atomic E-state index is 13.1. The Balaban J connectivity index is 2.28. The Kier molecular flexibility index (Phi) is 3.79. The van der Waals surface area contributed by atoms with Crippen molar-refractivity contribution in [2.75, 3.05) is 11.1 Å². The molecule has 102 valence electrons. The lowest BCUT2D eigenvalue weighted by atomic mass is 10.1. The summed E-state index contributed by atoms with van der Waals surface area (Å²) in [5.74, 6) is -1.18. The molecule has 0 fully saturated rings. The molecule has 0 unspecified atom stereocenters. The lowest BCUT2D eigenvalue weighted by Gasteiger charge is -2.09. The second kappa shape index (κ2) is 5.52. The van der Waals surface area contributed by atoms with Crippen molar-refractivity contribution in [1.29, 1.82) is 0 Å². The van der Waals surface area contributed by atoms with Crippen molar-refractivity contribution < 1.29 is 14.0 Å². The third-order valence-corrected chi connectivity index (χ3v) is 2.81. The van der Waals surface area contributed by atoms with Crippen LogP contribution in [0.1, 0.15) is 27.6 Å². The third kappa shape index (κ3) is 2.83. The lowest BCUT2D eigenvalue weighted by Crippen LogP contribution is -2.14. The van der Waals surface area contributed by atoms with Crippen LogP contribution in [0.3, 0.4) is 0 Å². The number of benzene rings is 2. The van der Waals surface area contributed by atoms with Gasteiger partial charge in [0.1, 0.15) is 5.82 Å². The number of hydrogen-bond donors (Lipinski definition) is 2. The SMILES string of the molecule is CC(=O)c1ccccc1NC(=O)c1ccc(F)c(N)c1. The number of para-hydroxylation sites is 1. The molecule has 2 aromatic rings. The summed E-state index contributed by atoms with van der Waals surface area (Å²) in [6, 6.07) is 10.4. The van der Waals surface area contributed by atoms with Crippen LogP contribution in [0.25, 0.3) is 0 Å². The van der Waals surface area contributed by atoms with E-state index >= 15 is 0 Å². The predicted octanol–water partition coefficient (Wildman–Crippen LogP) is 2.86. The van der Waals surface area contributed by atoms with Gasteiger partial charge in [0, 0.05) is 11.1 Å². The zero-order valence-electron chi connectivity index (χ0n) is 10.8. The van der Waals surface area contributed by atoms with Crippen LogP contribution < -0.4 is 11.1 Å². The Labute approximate surface area is 115 Å². The zero-order valence-corrected chi connectivity index (χ0v) is 10.8. The minimum Gasteiger partial charge on any atom is -0.396 e. The molecule has 5 heteroatoms. The van der Waals surface area contributed by atoms with Crippen molar-refractivity contribution in [2.24, 2.45) is 0 Å². The largest absolute Gasteiger partial charge is 0.396 e.